The number of halogens is 2. The number of benzene rings is 1. The van der Waals surface area contributed by atoms with Gasteiger partial charge >= 0.3 is 0 Å². The van der Waals surface area contributed by atoms with E-state index in [1.807, 2.05) is 0 Å². The average Bonchev–Trinajstić information content (AvgIpc) is 2.42. The molecule has 1 heterocycles. The van der Waals surface area contributed by atoms with Crippen LogP contribution in [0.25, 0.3) is 0 Å². The summed E-state index contributed by atoms with van der Waals surface area (Å²) in [6.07, 6.45) is 1.60. The number of nitrogens with zero attached hydrogens (tertiary/aromatic N) is 1. The number of nitro groups is 1. The first-order valence-corrected chi connectivity index (χ1v) is 6.14. The van der Waals surface area contributed by atoms with Gasteiger partial charge in [0.25, 0.3) is 11.6 Å². The molecule has 0 saturated carbocycles. The molecule has 1 amide bonds. The van der Waals surface area contributed by atoms with Crippen LogP contribution in [0.3, 0.4) is 0 Å². The predicted molar refractivity (Wildman–Crippen MR) is 66.4 cm³/mol. The van der Waals surface area contributed by atoms with Crippen molar-refractivity contribution in [1.82, 2.24) is 10.6 Å². The van der Waals surface area contributed by atoms with Crippen molar-refractivity contribution in [2.75, 3.05) is 13.1 Å². The van der Waals surface area contributed by atoms with Gasteiger partial charge in [0.15, 0.2) is 11.6 Å². The molecule has 8 heteroatoms. The summed E-state index contributed by atoms with van der Waals surface area (Å²) in [4.78, 5) is 21.9. The molecule has 1 saturated heterocycles. The van der Waals surface area contributed by atoms with E-state index >= 15 is 0 Å². The Morgan fingerprint density at radius 2 is 2.10 bits per heavy atom. The predicted octanol–water partition coefficient (Wildman–Crippen LogP) is 1.35. The van der Waals surface area contributed by atoms with Crippen LogP contribution in [-0.4, -0.2) is 30.0 Å². The summed E-state index contributed by atoms with van der Waals surface area (Å²) < 4.78 is 26.2. The number of nitro benzene ring substituents is 1. The standard InChI is InChI=1S/C12H13F2N3O3/c13-9-4-8(11(17(19)20)5-10(9)14)12(18)16-7-2-1-3-15-6-7/h4-5,7,15H,1-3,6H2,(H,16,18)/t7-/m0/s1. The molecule has 1 atom stereocenters. The van der Waals surface area contributed by atoms with E-state index in [0.29, 0.717) is 18.7 Å². The Kier molecular flexibility index (Phi) is 4.23. The Morgan fingerprint density at radius 1 is 1.40 bits per heavy atom. The highest BCUT2D eigenvalue weighted by Crippen LogP contribution is 2.22. The monoisotopic (exact) mass is 285 g/mol. The first-order chi connectivity index (χ1) is 9.49. The Hall–Kier alpha value is -2.09. The molecular formula is C12H13F2N3O3. The van der Waals surface area contributed by atoms with Crippen molar-refractivity contribution >= 4 is 11.6 Å². The zero-order valence-electron chi connectivity index (χ0n) is 10.5. The van der Waals surface area contributed by atoms with Gasteiger partial charge in [0.1, 0.15) is 5.56 Å². The molecule has 1 aliphatic heterocycles. The van der Waals surface area contributed by atoms with Crippen molar-refractivity contribution in [3.63, 3.8) is 0 Å². The van der Waals surface area contributed by atoms with Crippen LogP contribution in [0.5, 0.6) is 0 Å². The van der Waals surface area contributed by atoms with Gasteiger partial charge in [0, 0.05) is 12.6 Å². The smallest absolute Gasteiger partial charge is 0.285 e. The van der Waals surface area contributed by atoms with Gasteiger partial charge in [0.2, 0.25) is 0 Å². The molecule has 0 spiro atoms. The van der Waals surface area contributed by atoms with E-state index in [0.717, 1.165) is 19.4 Å². The lowest BCUT2D eigenvalue weighted by Crippen LogP contribution is -2.45. The third-order valence-corrected chi connectivity index (χ3v) is 3.11. The number of amides is 1. The van der Waals surface area contributed by atoms with Crippen LogP contribution in [0.1, 0.15) is 23.2 Å². The molecule has 108 valence electrons. The second kappa shape index (κ2) is 5.91. The molecule has 20 heavy (non-hydrogen) atoms. The lowest BCUT2D eigenvalue weighted by atomic mass is 10.1. The Morgan fingerprint density at radius 3 is 2.70 bits per heavy atom. The summed E-state index contributed by atoms with van der Waals surface area (Å²) in [5.74, 6) is -3.42. The van der Waals surface area contributed by atoms with Gasteiger partial charge in [0.05, 0.1) is 11.0 Å². The molecule has 1 aliphatic rings. The van der Waals surface area contributed by atoms with Gasteiger partial charge in [-0.2, -0.15) is 0 Å². The fourth-order valence-electron chi connectivity index (χ4n) is 2.11. The Bertz CT molecular complexity index is 545. The SMILES string of the molecule is O=C(N[C@H]1CCCNC1)c1cc(F)c(F)cc1[N+](=O)[O-]. The Balaban J connectivity index is 2.23. The molecule has 1 aromatic carbocycles. The molecule has 2 rings (SSSR count). The largest absolute Gasteiger partial charge is 0.348 e. The summed E-state index contributed by atoms with van der Waals surface area (Å²) in [5.41, 5.74) is -1.22. The molecular weight excluding hydrogens is 272 g/mol. The normalized spacial score (nSPS) is 18.6. The van der Waals surface area contributed by atoms with Crippen molar-refractivity contribution in [2.45, 2.75) is 18.9 Å². The maximum atomic E-state index is 13.2. The van der Waals surface area contributed by atoms with Crippen molar-refractivity contribution in [3.8, 4) is 0 Å². The van der Waals surface area contributed by atoms with Crippen LogP contribution in [0, 0.1) is 21.7 Å². The highest BCUT2D eigenvalue weighted by atomic mass is 19.2. The maximum absolute atomic E-state index is 13.2. The van der Waals surface area contributed by atoms with Gasteiger partial charge in [-0.3, -0.25) is 14.9 Å². The summed E-state index contributed by atoms with van der Waals surface area (Å²) >= 11 is 0. The van der Waals surface area contributed by atoms with Crippen molar-refractivity contribution in [3.05, 3.63) is 39.4 Å². The minimum atomic E-state index is -1.35. The summed E-state index contributed by atoms with van der Waals surface area (Å²) in [6, 6.07) is 0.798. The van der Waals surface area contributed by atoms with Crippen LogP contribution in [-0.2, 0) is 0 Å². The van der Waals surface area contributed by atoms with Crippen LogP contribution in [0.4, 0.5) is 14.5 Å². The first-order valence-electron chi connectivity index (χ1n) is 6.14. The number of hydrogen-bond acceptors (Lipinski definition) is 4. The number of carbonyl (C=O) groups excluding carboxylic acids is 1. The first kappa shape index (κ1) is 14.3. The molecule has 1 fully saturated rings. The van der Waals surface area contributed by atoms with Gasteiger partial charge in [-0.15, -0.1) is 0 Å². The van der Waals surface area contributed by atoms with Gasteiger partial charge in [-0.1, -0.05) is 0 Å². The molecule has 0 bridgehead atoms. The second-order valence-corrected chi connectivity index (χ2v) is 4.56. The quantitative estimate of drug-likeness (QED) is 0.648. The Labute approximate surface area is 113 Å². The van der Waals surface area contributed by atoms with Gasteiger partial charge in [-0.25, -0.2) is 8.78 Å². The minimum Gasteiger partial charge on any atom is -0.348 e. The molecule has 0 aromatic heterocycles. The van der Waals surface area contributed by atoms with Crippen LogP contribution < -0.4 is 10.6 Å². The molecule has 6 nitrogen and oxygen atoms in total. The van der Waals surface area contributed by atoms with E-state index in [1.165, 1.54) is 0 Å². The minimum absolute atomic E-state index is 0.177. The van der Waals surface area contributed by atoms with E-state index in [9.17, 15) is 23.7 Å². The highest BCUT2D eigenvalue weighted by molar-refractivity contribution is 5.98. The topological polar surface area (TPSA) is 84.3 Å². The van der Waals surface area contributed by atoms with E-state index in [1.54, 1.807) is 0 Å². The van der Waals surface area contributed by atoms with Gasteiger partial charge < -0.3 is 10.6 Å². The summed E-state index contributed by atoms with van der Waals surface area (Å²) in [5, 5.41) is 16.5. The summed E-state index contributed by atoms with van der Waals surface area (Å²) in [6.45, 7) is 1.39. The van der Waals surface area contributed by atoms with Crippen LogP contribution in [0.15, 0.2) is 12.1 Å². The molecule has 0 unspecified atom stereocenters. The fourth-order valence-corrected chi connectivity index (χ4v) is 2.11. The molecule has 2 N–H and O–H groups in total. The zero-order valence-corrected chi connectivity index (χ0v) is 10.5. The van der Waals surface area contributed by atoms with E-state index in [2.05, 4.69) is 10.6 Å². The van der Waals surface area contributed by atoms with E-state index in [4.69, 9.17) is 0 Å². The number of hydrogen-bond donors (Lipinski definition) is 2. The maximum Gasteiger partial charge on any atom is 0.285 e. The van der Waals surface area contributed by atoms with Crippen LogP contribution in [0.2, 0.25) is 0 Å². The number of piperidine rings is 1. The third kappa shape index (κ3) is 3.08. The summed E-state index contributed by atoms with van der Waals surface area (Å²) in [7, 11) is 0. The lowest BCUT2D eigenvalue weighted by molar-refractivity contribution is -0.385. The average molecular weight is 285 g/mol. The van der Waals surface area contributed by atoms with E-state index in [-0.39, 0.29) is 6.04 Å². The van der Waals surface area contributed by atoms with Crippen molar-refractivity contribution < 1.29 is 18.5 Å². The van der Waals surface area contributed by atoms with Crippen molar-refractivity contribution in [2.24, 2.45) is 0 Å². The van der Waals surface area contributed by atoms with Crippen molar-refractivity contribution in [1.29, 1.82) is 0 Å². The fraction of sp³-hybridized carbons (Fsp3) is 0.417. The highest BCUT2D eigenvalue weighted by Gasteiger charge is 2.25. The van der Waals surface area contributed by atoms with Gasteiger partial charge in [-0.05, 0) is 25.5 Å². The number of carbonyl (C=O) groups is 1. The molecule has 0 aliphatic carbocycles. The van der Waals surface area contributed by atoms with E-state index < -0.39 is 33.7 Å². The van der Waals surface area contributed by atoms with Crippen LogP contribution >= 0.6 is 0 Å². The second-order valence-electron chi connectivity index (χ2n) is 4.56. The number of rotatable bonds is 3. The molecule has 0 radical (unpaired) electrons. The lowest BCUT2D eigenvalue weighted by Gasteiger charge is -2.23. The molecule has 1 aromatic rings. The third-order valence-electron chi connectivity index (χ3n) is 3.11. The zero-order chi connectivity index (χ0) is 14.7. The number of nitrogens with one attached hydrogen (secondary N) is 2.